The van der Waals surface area contributed by atoms with Gasteiger partial charge < -0.3 is 10.1 Å². The van der Waals surface area contributed by atoms with E-state index >= 15 is 0 Å². The summed E-state index contributed by atoms with van der Waals surface area (Å²) in [5, 5.41) is 2.05. The molecule has 1 saturated heterocycles. The molecule has 0 atom stereocenters. The van der Waals surface area contributed by atoms with Crippen molar-refractivity contribution >= 4 is 41.2 Å². The molecule has 1 aliphatic heterocycles. The molecule has 7 nitrogen and oxygen atoms in total. The van der Waals surface area contributed by atoms with E-state index in [2.05, 4.69) is 5.32 Å². The van der Waals surface area contributed by atoms with E-state index in [-0.39, 0.29) is 35.9 Å². The van der Waals surface area contributed by atoms with Gasteiger partial charge >= 0.3 is 0 Å². The topological polar surface area (TPSA) is 92.8 Å². The zero-order chi connectivity index (χ0) is 21.5. The van der Waals surface area contributed by atoms with E-state index in [1.54, 1.807) is 30.3 Å². The summed E-state index contributed by atoms with van der Waals surface area (Å²) in [5.74, 6) is -1.22. The van der Waals surface area contributed by atoms with E-state index in [0.29, 0.717) is 11.8 Å². The smallest absolute Gasteiger partial charge is 0.293 e. The van der Waals surface area contributed by atoms with E-state index in [4.69, 9.17) is 4.74 Å². The van der Waals surface area contributed by atoms with Gasteiger partial charge in [-0.3, -0.25) is 24.1 Å². The number of imide groups is 1. The maximum Gasteiger partial charge on any atom is 0.293 e. The number of aldehydes is 1. The van der Waals surface area contributed by atoms with Gasteiger partial charge in [-0.15, -0.1) is 0 Å². The lowest BCUT2D eigenvalue weighted by atomic mass is 10.2. The minimum atomic E-state index is -0.543. The van der Waals surface area contributed by atoms with Crippen LogP contribution >= 0.6 is 11.8 Å². The second kappa shape index (κ2) is 9.84. The Morgan fingerprint density at radius 2 is 1.80 bits per heavy atom. The third kappa shape index (κ3) is 5.12. The number of halogens is 1. The van der Waals surface area contributed by atoms with Crippen LogP contribution in [0.1, 0.15) is 15.9 Å². The summed E-state index contributed by atoms with van der Waals surface area (Å²) in [6.07, 6.45) is 1.96. The number of ether oxygens (including phenoxy) is 1. The van der Waals surface area contributed by atoms with Crippen molar-refractivity contribution in [2.24, 2.45) is 0 Å². The number of hydrogen-bond acceptors (Lipinski definition) is 6. The van der Waals surface area contributed by atoms with Crippen molar-refractivity contribution in [1.29, 1.82) is 0 Å². The van der Waals surface area contributed by atoms with Crippen molar-refractivity contribution < 1.29 is 28.3 Å². The first kappa shape index (κ1) is 21.3. The van der Waals surface area contributed by atoms with Crippen molar-refractivity contribution in [2.45, 2.75) is 0 Å². The van der Waals surface area contributed by atoms with Gasteiger partial charge in [-0.1, -0.05) is 30.3 Å². The molecule has 0 aromatic heterocycles. The first-order valence-electron chi connectivity index (χ1n) is 8.93. The molecule has 154 valence electrons. The zero-order valence-electron chi connectivity index (χ0n) is 15.7. The lowest BCUT2D eigenvalue weighted by molar-refractivity contribution is -0.125. The van der Waals surface area contributed by atoms with E-state index in [0.717, 1.165) is 16.7 Å². The first-order chi connectivity index (χ1) is 14.5. The molecule has 2 aromatic rings. The van der Waals surface area contributed by atoms with Gasteiger partial charge in [0.1, 0.15) is 11.6 Å². The molecule has 3 amide bonds. The van der Waals surface area contributed by atoms with Crippen molar-refractivity contribution in [3.8, 4) is 5.75 Å². The van der Waals surface area contributed by atoms with E-state index < -0.39 is 22.9 Å². The molecule has 1 N–H and O–H groups in total. The molecule has 0 bridgehead atoms. The van der Waals surface area contributed by atoms with Crippen LogP contribution in [0.5, 0.6) is 5.75 Å². The average Bonchev–Trinajstić information content (AvgIpc) is 3.01. The number of carbonyl (C=O) groups is 4. The van der Waals surface area contributed by atoms with Gasteiger partial charge in [-0.2, -0.15) is 0 Å². The molecule has 0 saturated carbocycles. The molecule has 0 spiro atoms. The van der Waals surface area contributed by atoms with Crippen LogP contribution in [-0.2, 0) is 9.59 Å². The molecule has 2 aromatic carbocycles. The summed E-state index contributed by atoms with van der Waals surface area (Å²) in [6.45, 7) is -0.321. The highest BCUT2D eigenvalue weighted by atomic mass is 32.2. The van der Waals surface area contributed by atoms with Gasteiger partial charge in [0, 0.05) is 18.7 Å². The number of amides is 3. The molecular weight excluding hydrogens is 411 g/mol. The Kier molecular flexibility index (Phi) is 6.97. The standard InChI is InChI=1S/C21H17FN2O5S/c22-16-7-3-1-5-14(16)11-18-20(27)24(21(28)30-18)10-9-23-19(26)13-29-17-8-4-2-6-15(17)12-25/h1-8,11-12H,9-10,13H2,(H,23,26)/b18-11-. The SMILES string of the molecule is O=Cc1ccccc1OCC(=O)NCCN1C(=O)S/C(=C\c2ccccc2F)C1=O. The van der Waals surface area contributed by atoms with Gasteiger partial charge in [0.25, 0.3) is 17.1 Å². The molecule has 9 heteroatoms. The monoisotopic (exact) mass is 428 g/mol. The number of para-hydroxylation sites is 1. The molecule has 1 fully saturated rings. The highest BCUT2D eigenvalue weighted by molar-refractivity contribution is 8.18. The minimum Gasteiger partial charge on any atom is -0.483 e. The third-order valence-corrected chi connectivity index (χ3v) is 5.04. The molecule has 0 unspecified atom stereocenters. The fourth-order valence-corrected chi connectivity index (χ4v) is 3.49. The first-order valence-corrected chi connectivity index (χ1v) is 9.75. The zero-order valence-corrected chi connectivity index (χ0v) is 16.5. The second-order valence-electron chi connectivity index (χ2n) is 6.15. The summed E-state index contributed by atoms with van der Waals surface area (Å²) in [7, 11) is 0. The van der Waals surface area contributed by atoms with Crippen LogP contribution in [0.4, 0.5) is 9.18 Å². The number of rotatable bonds is 8. The van der Waals surface area contributed by atoms with E-state index in [9.17, 15) is 23.6 Å². The van der Waals surface area contributed by atoms with Crippen molar-refractivity contribution in [1.82, 2.24) is 10.2 Å². The summed E-state index contributed by atoms with van der Waals surface area (Å²) in [5.41, 5.74) is 0.536. The summed E-state index contributed by atoms with van der Waals surface area (Å²) in [4.78, 5) is 48.5. The number of thioether (sulfide) groups is 1. The normalized spacial score (nSPS) is 14.8. The number of nitrogens with zero attached hydrogens (tertiary/aromatic N) is 1. The Bertz CT molecular complexity index is 1020. The predicted octanol–water partition coefficient (Wildman–Crippen LogP) is 2.87. The van der Waals surface area contributed by atoms with E-state index in [1.807, 2.05) is 0 Å². The van der Waals surface area contributed by atoms with Crippen LogP contribution in [0, 0.1) is 5.82 Å². The molecule has 0 radical (unpaired) electrons. The lowest BCUT2D eigenvalue weighted by Crippen LogP contribution is -2.38. The Labute approximate surface area is 175 Å². The molecular formula is C21H17FN2O5S. The summed E-state index contributed by atoms with van der Waals surface area (Å²) >= 11 is 0.717. The van der Waals surface area contributed by atoms with Crippen molar-refractivity contribution in [2.75, 3.05) is 19.7 Å². The van der Waals surface area contributed by atoms with Gasteiger partial charge in [0.15, 0.2) is 12.9 Å². The Morgan fingerprint density at radius 1 is 1.10 bits per heavy atom. The van der Waals surface area contributed by atoms with Crippen LogP contribution in [-0.4, -0.2) is 47.9 Å². The highest BCUT2D eigenvalue weighted by Gasteiger charge is 2.34. The maximum absolute atomic E-state index is 13.8. The quantitative estimate of drug-likeness (QED) is 0.513. The van der Waals surface area contributed by atoms with Gasteiger partial charge in [-0.25, -0.2) is 4.39 Å². The van der Waals surface area contributed by atoms with Gasteiger partial charge in [-0.05, 0) is 36.0 Å². The van der Waals surface area contributed by atoms with Crippen LogP contribution in [0.15, 0.2) is 53.4 Å². The predicted molar refractivity (Wildman–Crippen MR) is 109 cm³/mol. The van der Waals surface area contributed by atoms with Gasteiger partial charge in [0.05, 0.1) is 10.5 Å². The van der Waals surface area contributed by atoms with Crippen LogP contribution < -0.4 is 10.1 Å². The number of benzene rings is 2. The summed E-state index contributed by atoms with van der Waals surface area (Å²) in [6, 6.07) is 12.4. The Hall–Kier alpha value is -3.46. The second-order valence-corrected chi connectivity index (χ2v) is 7.14. The number of hydrogen-bond donors (Lipinski definition) is 1. The number of carbonyl (C=O) groups excluding carboxylic acids is 4. The third-order valence-electron chi connectivity index (χ3n) is 4.13. The molecule has 3 rings (SSSR count). The molecule has 0 aliphatic carbocycles. The maximum atomic E-state index is 13.8. The molecule has 1 aliphatic rings. The Balaban J connectivity index is 1.50. The van der Waals surface area contributed by atoms with Crippen LogP contribution in [0.3, 0.4) is 0 Å². The number of nitrogens with one attached hydrogen (secondary N) is 1. The average molecular weight is 428 g/mol. The fourth-order valence-electron chi connectivity index (χ4n) is 2.64. The van der Waals surface area contributed by atoms with Crippen molar-refractivity contribution in [3.63, 3.8) is 0 Å². The lowest BCUT2D eigenvalue weighted by Gasteiger charge is -2.13. The Morgan fingerprint density at radius 3 is 2.53 bits per heavy atom. The molecule has 1 heterocycles. The fraction of sp³-hybridized carbons (Fsp3) is 0.143. The molecule has 30 heavy (non-hydrogen) atoms. The van der Waals surface area contributed by atoms with Gasteiger partial charge in [0.2, 0.25) is 0 Å². The highest BCUT2D eigenvalue weighted by Crippen LogP contribution is 2.32. The largest absolute Gasteiger partial charge is 0.483 e. The summed E-state index contributed by atoms with van der Waals surface area (Å²) < 4.78 is 19.1. The van der Waals surface area contributed by atoms with E-state index in [1.165, 1.54) is 24.3 Å². The van der Waals surface area contributed by atoms with Crippen molar-refractivity contribution in [3.05, 3.63) is 70.4 Å². The van der Waals surface area contributed by atoms with Crippen LogP contribution in [0.25, 0.3) is 6.08 Å². The minimum absolute atomic E-state index is 0.0303. The van der Waals surface area contributed by atoms with Crippen LogP contribution in [0.2, 0.25) is 0 Å².